The number of ether oxygens (including phenoxy) is 2. The quantitative estimate of drug-likeness (QED) is 0.207. The minimum absolute atomic E-state index is 0.128. The number of hydrogen-bond donors (Lipinski definition) is 0. The Morgan fingerprint density at radius 2 is 1.35 bits per heavy atom. The van der Waals surface area contributed by atoms with Gasteiger partial charge in [0.2, 0.25) is 0 Å². The molecule has 226 valence electrons. The van der Waals surface area contributed by atoms with Gasteiger partial charge in [0.1, 0.15) is 6.61 Å². The van der Waals surface area contributed by atoms with Crippen molar-refractivity contribution in [1.82, 2.24) is 9.80 Å². The lowest BCUT2D eigenvalue weighted by molar-refractivity contribution is -0.113. The lowest BCUT2D eigenvalue weighted by Crippen LogP contribution is -2.41. The summed E-state index contributed by atoms with van der Waals surface area (Å²) < 4.78 is 66.6. The lowest BCUT2D eigenvalue weighted by atomic mass is 9.93. The molecule has 3 aromatic carbocycles. The van der Waals surface area contributed by atoms with Gasteiger partial charge in [0.05, 0.1) is 19.7 Å². The van der Waals surface area contributed by atoms with Crippen molar-refractivity contribution >= 4 is 23.8 Å². The molecule has 1 saturated heterocycles. The van der Waals surface area contributed by atoms with E-state index in [0.717, 1.165) is 30.7 Å². The van der Waals surface area contributed by atoms with Crippen molar-refractivity contribution in [3.8, 4) is 11.5 Å². The summed E-state index contributed by atoms with van der Waals surface area (Å²) in [7, 11) is 3.82. The molecule has 0 N–H and O–H groups in total. The average Bonchev–Trinajstić information content (AvgIpc) is 2.97. The van der Waals surface area contributed by atoms with E-state index < -0.39 is 35.0 Å². The molecule has 0 saturated carbocycles. The summed E-state index contributed by atoms with van der Waals surface area (Å²) in [5, 5.41) is 0. The van der Waals surface area contributed by atoms with Gasteiger partial charge in [0, 0.05) is 23.3 Å². The molecule has 0 aliphatic carbocycles. The Morgan fingerprint density at radius 1 is 0.791 bits per heavy atom. The first-order chi connectivity index (χ1) is 20.5. The fraction of sp³-hybridized carbons (Fsp3) is 0.273. The van der Waals surface area contributed by atoms with Gasteiger partial charge in [0.15, 0.2) is 40.6 Å². The van der Waals surface area contributed by atoms with Gasteiger partial charge >= 0.3 is 0 Å². The van der Waals surface area contributed by atoms with Gasteiger partial charge in [-0.05, 0) is 86.3 Å². The fourth-order valence-corrected chi connectivity index (χ4v) is 4.40. The third kappa shape index (κ3) is 8.10. The van der Waals surface area contributed by atoms with Gasteiger partial charge in [-0.15, -0.1) is 0 Å². The summed E-state index contributed by atoms with van der Waals surface area (Å²) in [5.41, 5.74) is 0.974. The van der Waals surface area contributed by atoms with Crippen molar-refractivity contribution in [3.05, 3.63) is 106 Å². The first-order valence-electron chi connectivity index (χ1n) is 13.7. The van der Waals surface area contributed by atoms with E-state index in [-0.39, 0.29) is 40.9 Å². The molecule has 43 heavy (non-hydrogen) atoms. The predicted octanol–water partition coefficient (Wildman–Crippen LogP) is 6.16. The number of amides is 1. The maximum atomic E-state index is 13.9. The van der Waals surface area contributed by atoms with Crippen LogP contribution in [0.1, 0.15) is 34.8 Å². The molecular weight excluding hydrogens is 564 g/mol. The highest BCUT2D eigenvalue weighted by molar-refractivity contribution is 6.16. The SMILES string of the molecule is CCCOc1ccc(C(=O)N2C/C(=C\c3ccc(F)c(F)c3)C(=O)/C(=C/c3ccc(F)c(F)c3)C2)cc1OCCN(C)C. The van der Waals surface area contributed by atoms with Crippen LogP contribution in [0, 0.1) is 23.3 Å². The number of rotatable bonds is 10. The van der Waals surface area contributed by atoms with Gasteiger partial charge in [-0.1, -0.05) is 19.1 Å². The number of Topliss-reactive ketones (excluding diaryl/α,β-unsaturated/α-hetero) is 1. The number of carbonyl (C=O) groups excluding carboxylic acids is 2. The molecule has 1 amide bonds. The van der Waals surface area contributed by atoms with Gasteiger partial charge in [-0.2, -0.15) is 0 Å². The topological polar surface area (TPSA) is 59.1 Å². The summed E-state index contributed by atoms with van der Waals surface area (Å²) >= 11 is 0. The normalized spacial score (nSPS) is 15.4. The molecule has 1 fully saturated rings. The summed E-state index contributed by atoms with van der Waals surface area (Å²) in [6.45, 7) is 3.16. The Kier molecular flexibility index (Phi) is 10.4. The number of benzene rings is 3. The molecule has 10 heteroatoms. The summed E-state index contributed by atoms with van der Waals surface area (Å²) in [6, 6.07) is 11.2. The molecule has 3 aromatic rings. The van der Waals surface area contributed by atoms with Crippen LogP contribution in [0.3, 0.4) is 0 Å². The molecule has 0 bridgehead atoms. The van der Waals surface area contributed by atoms with Crippen LogP contribution < -0.4 is 9.47 Å². The Hall–Kier alpha value is -4.44. The van der Waals surface area contributed by atoms with E-state index in [9.17, 15) is 27.2 Å². The maximum absolute atomic E-state index is 13.9. The van der Waals surface area contributed by atoms with Crippen LogP contribution in [-0.2, 0) is 4.79 Å². The van der Waals surface area contributed by atoms with Gasteiger partial charge in [-0.3, -0.25) is 9.59 Å². The van der Waals surface area contributed by atoms with Crippen LogP contribution in [0.25, 0.3) is 12.2 Å². The third-order valence-electron chi connectivity index (χ3n) is 6.61. The molecule has 0 atom stereocenters. The Morgan fingerprint density at radius 3 is 1.86 bits per heavy atom. The molecular formula is C33H32F4N2O4. The van der Waals surface area contributed by atoms with E-state index in [2.05, 4.69) is 0 Å². The second-order valence-corrected chi connectivity index (χ2v) is 10.3. The summed E-state index contributed by atoms with van der Waals surface area (Å²) in [6.07, 6.45) is 3.53. The molecule has 4 rings (SSSR count). The first-order valence-corrected chi connectivity index (χ1v) is 13.7. The van der Waals surface area contributed by atoms with E-state index in [1.807, 2.05) is 25.9 Å². The van der Waals surface area contributed by atoms with Gasteiger partial charge in [-0.25, -0.2) is 17.6 Å². The van der Waals surface area contributed by atoms with Crippen molar-refractivity contribution in [2.24, 2.45) is 0 Å². The molecule has 0 radical (unpaired) electrons. The zero-order valence-electron chi connectivity index (χ0n) is 24.1. The Bertz CT molecular complexity index is 1490. The first kappa shape index (κ1) is 31.5. The lowest BCUT2D eigenvalue weighted by Gasteiger charge is -2.30. The number of ketones is 1. The minimum atomic E-state index is -1.09. The second kappa shape index (κ2) is 14.2. The Balaban J connectivity index is 1.71. The molecule has 0 aromatic heterocycles. The molecule has 0 spiro atoms. The number of carbonyl (C=O) groups is 2. The smallest absolute Gasteiger partial charge is 0.254 e. The van der Waals surface area contributed by atoms with Gasteiger partial charge < -0.3 is 19.3 Å². The maximum Gasteiger partial charge on any atom is 0.254 e. The van der Waals surface area contributed by atoms with E-state index in [4.69, 9.17) is 9.47 Å². The van der Waals surface area contributed by atoms with Crippen LogP contribution in [0.5, 0.6) is 11.5 Å². The van der Waals surface area contributed by atoms with Crippen molar-refractivity contribution < 1.29 is 36.6 Å². The van der Waals surface area contributed by atoms with Crippen LogP contribution in [0.4, 0.5) is 17.6 Å². The number of nitrogens with zero attached hydrogens (tertiary/aromatic N) is 2. The van der Waals surface area contributed by atoms with Crippen LogP contribution in [0.15, 0.2) is 65.7 Å². The highest BCUT2D eigenvalue weighted by Gasteiger charge is 2.30. The standard InChI is InChI=1S/C33H32F4N2O4/c1-4-12-42-30-10-7-23(18-31(30)43-13-11-38(2)3)33(41)39-19-24(14-21-5-8-26(34)28(36)16-21)32(40)25(20-39)15-22-6-9-27(35)29(37)17-22/h5-10,14-18H,4,11-13,19-20H2,1-3H3/b24-14+,25-15+. The second-order valence-electron chi connectivity index (χ2n) is 10.3. The van der Waals surface area contributed by atoms with Crippen molar-refractivity contribution in [1.29, 1.82) is 0 Å². The van der Waals surface area contributed by atoms with Crippen LogP contribution >= 0.6 is 0 Å². The zero-order chi connectivity index (χ0) is 31.1. The van der Waals surface area contributed by atoms with E-state index in [1.165, 1.54) is 29.2 Å². The largest absolute Gasteiger partial charge is 0.490 e. The monoisotopic (exact) mass is 596 g/mol. The van der Waals surface area contributed by atoms with Crippen LogP contribution in [0.2, 0.25) is 0 Å². The average molecular weight is 597 g/mol. The summed E-state index contributed by atoms with van der Waals surface area (Å²) in [4.78, 5) is 30.6. The van der Waals surface area contributed by atoms with E-state index >= 15 is 0 Å². The molecule has 1 aliphatic rings. The van der Waals surface area contributed by atoms with Crippen molar-refractivity contribution in [3.63, 3.8) is 0 Å². The van der Waals surface area contributed by atoms with E-state index in [1.54, 1.807) is 18.2 Å². The highest BCUT2D eigenvalue weighted by Crippen LogP contribution is 2.31. The molecule has 6 nitrogen and oxygen atoms in total. The minimum Gasteiger partial charge on any atom is -0.490 e. The number of halogens is 4. The number of piperidine rings is 1. The number of likely N-dealkylation sites (tertiary alicyclic amines) is 1. The zero-order valence-corrected chi connectivity index (χ0v) is 24.1. The predicted molar refractivity (Wildman–Crippen MR) is 156 cm³/mol. The Labute approximate surface area is 247 Å². The highest BCUT2D eigenvalue weighted by atomic mass is 19.2. The van der Waals surface area contributed by atoms with Crippen molar-refractivity contribution in [2.75, 3.05) is 46.9 Å². The van der Waals surface area contributed by atoms with Crippen LogP contribution in [-0.4, -0.2) is 68.4 Å². The molecule has 1 aliphatic heterocycles. The number of likely N-dealkylation sites (N-methyl/N-ethyl adjacent to an activating group) is 1. The molecule has 1 heterocycles. The molecule has 0 unspecified atom stereocenters. The third-order valence-corrected chi connectivity index (χ3v) is 6.61. The number of hydrogen-bond acceptors (Lipinski definition) is 5. The van der Waals surface area contributed by atoms with Gasteiger partial charge in [0.25, 0.3) is 5.91 Å². The summed E-state index contributed by atoms with van der Waals surface area (Å²) in [5.74, 6) is -4.27. The van der Waals surface area contributed by atoms with Crippen molar-refractivity contribution in [2.45, 2.75) is 13.3 Å². The fourth-order valence-electron chi connectivity index (χ4n) is 4.40. The van der Waals surface area contributed by atoms with E-state index in [0.29, 0.717) is 31.3 Å².